The molecule has 13 heavy (non-hydrogen) atoms. The zero-order valence-corrected chi connectivity index (χ0v) is 8.17. The van der Waals surface area contributed by atoms with Gasteiger partial charge in [-0.2, -0.15) is 0 Å². The number of terminal acetylenes is 1. The van der Waals surface area contributed by atoms with Crippen LogP contribution in [0.4, 0.5) is 0 Å². The maximum absolute atomic E-state index is 5.70. The van der Waals surface area contributed by atoms with Gasteiger partial charge in [-0.1, -0.05) is 18.8 Å². The molecule has 0 radical (unpaired) electrons. The van der Waals surface area contributed by atoms with Crippen LogP contribution in [0.1, 0.15) is 25.7 Å². The predicted molar refractivity (Wildman–Crippen MR) is 54.2 cm³/mol. The van der Waals surface area contributed by atoms with Crippen molar-refractivity contribution in [1.82, 2.24) is 0 Å². The third-order valence-electron chi connectivity index (χ3n) is 2.89. The van der Waals surface area contributed by atoms with Gasteiger partial charge in [-0.3, -0.25) is 0 Å². The van der Waals surface area contributed by atoms with Crippen LogP contribution in [0.5, 0.6) is 0 Å². The highest BCUT2D eigenvalue weighted by Crippen LogP contribution is 2.29. The van der Waals surface area contributed by atoms with Gasteiger partial charge in [0, 0.05) is 0 Å². The molecular weight excluding hydrogens is 162 g/mol. The zero-order valence-electron chi connectivity index (χ0n) is 8.17. The molecule has 0 aromatic rings. The molecule has 0 aromatic carbocycles. The summed E-state index contributed by atoms with van der Waals surface area (Å²) in [4.78, 5) is 0. The lowest BCUT2D eigenvalue weighted by atomic mass is 9.80. The maximum atomic E-state index is 5.70. The lowest BCUT2D eigenvalue weighted by molar-refractivity contribution is 0.0798. The van der Waals surface area contributed by atoms with Gasteiger partial charge in [-0.25, -0.2) is 0 Å². The van der Waals surface area contributed by atoms with Crippen LogP contribution in [0, 0.1) is 24.2 Å². The first-order valence-electron chi connectivity index (χ1n) is 5.09. The Bertz CT molecular complexity index is 173. The van der Waals surface area contributed by atoms with Gasteiger partial charge in [-0.05, 0) is 31.2 Å². The standard InChI is InChI=1S/C11H19NO/c1-2-7-13-9-11-6-4-3-5-10(11)8-12/h1,10-11H,3-9,12H2. The zero-order chi connectivity index (χ0) is 9.52. The number of ether oxygens (including phenoxy) is 1. The molecule has 0 aromatic heterocycles. The number of hydrogen-bond acceptors (Lipinski definition) is 2. The molecule has 2 N–H and O–H groups in total. The molecule has 1 rings (SSSR count). The summed E-state index contributed by atoms with van der Waals surface area (Å²) in [5.74, 6) is 3.79. The fourth-order valence-electron chi connectivity index (χ4n) is 2.08. The van der Waals surface area contributed by atoms with Crippen molar-refractivity contribution >= 4 is 0 Å². The van der Waals surface area contributed by atoms with Crippen molar-refractivity contribution < 1.29 is 4.74 Å². The van der Waals surface area contributed by atoms with Crippen molar-refractivity contribution in [3.8, 4) is 12.3 Å². The van der Waals surface area contributed by atoms with Gasteiger partial charge >= 0.3 is 0 Å². The van der Waals surface area contributed by atoms with Crippen LogP contribution in [-0.2, 0) is 4.74 Å². The number of hydrogen-bond donors (Lipinski definition) is 1. The van der Waals surface area contributed by atoms with Gasteiger partial charge in [0.15, 0.2) is 0 Å². The predicted octanol–water partition coefficient (Wildman–Crippen LogP) is 1.40. The number of rotatable bonds is 4. The molecule has 74 valence electrons. The van der Waals surface area contributed by atoms with E-state index < -0.39 is 0 Å². The Morgan fingerprint density at radius 1 is 1.31 bits per heavy atom. The highest BCUT2D eigenvalue weighted by atomic mass is 16.5. The summed E-state index contributed by atoms with van der Waals surface area (Å²) < 4.78 is 5.36. The Kier molecular flexibility index (Phi) is 4.88. The summed E-state index contributed by atoms with van der Waals surface area (Å²) in [5, 5.41) is 0. The van der Waals surface area contributed by atoms with E-state index in [1.54, 1.807) is 0 Å². The van der Waals surface area contributed by atoms with E-state index >= 15 is 0 Å². The number of nitrogens with two attached hydrogens (primary N) is 1. The molecule has 0 aliphatic heterocycles. The first-order chi connectivity index (χ1) is 6.38. The van der Waals surface area contributed by atoms with Crippen LogP contribution in [0.15, 0.2) is 0 Å². The van der Waals surface area contributed by atoms with E-state index in [2.05, 4.69) is 5.92 Å². The van der Waals surface area contributed by atoms with Crippen LogP contribution < -0.4 is 5.73 Å². The van der Waals surface area contributed by atoms with Crippen LogP contribution in [0.2, 0.25) is 0 Å². The van der Waals surface area contributed by atoms with E-state index in [0.717, 1.165) is 13.2 Å². The molecule has 2 nitrogen and oxygen atoms in total. The second kappa shape index (κ2) is 6.01. The third kappa shape index (κ3) is 3.38. The highest BCUT2D eigenvalue weighted by Gasteiger charge is 2.23. The Morgan fingerprint density at radius 2 is 2.00 bits per heavy atom. The molecular formula is C11H19NO. The van der Waals surface area contributed by atoms with Crippen molar-refractivity contribution in [3.63, 3.8) is 0 Å². The summed E-state index contributed by atoms with van der Waals surface area (Å²) in [6.45, 7) is 2.03. The molecule has 0 spiro atoms. The van der Waals surface area contributed by atoms with E-state index in [1.807, 2.05) is 0 Å². The third-order valence-corrected chi connectivity index (χ3v) is 2.89. The minimum atomic E-state index is 0.438. The van der Waals surface area contributed by atoms with Gasteiger partial charge in [0.25, 0.3) is 0 Å². The summed E-state index contributed by atoms with van der Waals surface area (Å²) in [6.07, 6.45) is 10.3. The molecule has 0 heterocycles. The highest BCUT2D eigenvalue weighted by molar-refractivity contribution is 4.83. The van der Waals surface area contributed by atoms with E-state index in [1.165, 1.54) is 25.7 Å². The summed E-state index contributed by atoms with van der Waals surface area (Å²) in [5.41, 5.74) is 5.70. The van der Waals surface area contributed by atoms with E-state index in [4.69, 9.17) is 16.9 Å². The summed E-state index contributed by atoms with van der Waals surface area (Å²) >= 11 is 0. The van der Waals surface area contributed by atoms with Gasteiger partial charge in [0.1, 0.15) is 6.61 Å². The minimum Gasteiger partial charge on any atom is -0.368 e. The van der Waals surface area contributed by atoms with Crippen LogP contribution >= 0.6 is 0 Å². The first kappa shape index (κ1) is 10.6. The van der Waals surface area contributed by atoms with E-state index in [-0.39, 0.29) is 0 Å². The largest absolute Gasteiger partial charge is 0.368 e. The Balaban J connectivity index is 2.24. The molecule has 0 bridgehead atoms. The lowest BCUT2D eigenvalue weighted by Crippen LogP contribution is -2.29. The van der Waals surface area contributed by atoms with Crippen molar-refractivity contribution in [2.75, 3.05) is 19.8 Å². The monoisotopic (exact) mass is 181 g/mol. The van der Waals surface area contributed by atoms with Crippen LogP contribution in [0.3, 0.4) is 0 Å². The molecule has 0 saturated heterocycles. The van der Waals surface area contributed by atoms with Crippen LogP contribution in [0.25, 0.3) is 0 Å². The molecule has 1 aliphatic rings. The van der Waals surface area contributed by atoms with Gasteiger partial charge in [0.2, 0.25) is 0 Å². The summed E-state index contributed by atoms with van der Waals surface area (Å²) in [7, 11) is 0. The average molecular weight is 181 g/mol. The van der Waals surface area contributed by atoms with Crippen molar-refractivity contribution in [2.24, 2.45) is 17.6 Å². The SMILES string of the molecule is C#CCOCC1CCCCC1CN. The Hall–Kier alpha value is -0.520. The molecule has 1 saturated carbocycles. The molecule has 1 fully saturated rings. The normalized spacial score (nSPS) is 28.3. The van der Waals surface area contributed by atoms with Crippen molar-refractivity contribution in [1.29, 1.82) is 0 Å². The van der Waals surface area contributed by atoms with E-state index in [9.17, 15) is 0 Å². The van der Waals surface area contributed by atoms with Crippen molar-refractivity contribution in [3.05, 3.63) is 0 Å². The van der Waals surface area contributed by atoms with Gasteiger partial charge < -0.3 is 10.5 Å². The first-order valence-corrected chi connectivity index (χ1v) is 5.09. The van der Waals surface area contributed by atoms with E-state index in [0.29, 0.717) is 18.4 Å². The van der Waals surface area contributed by atoms with Gasteiger partial charge in [-0.15, -0.1) is 6.42 Å². The second-order valence-electron chi connectivity index (χ2n) is 3.76. The topological polar surface area (TPSA) is 35.2 Å². The van der Waals surface area contributed by atoms with Crippen LogP contribution in [-0.4, -0.2) is 19.8 Å². The van der Waals surface area contributed by atoms with Crippen molar-refractivity contribution in [2.45, 2.75) is 25.7 Å². The smallest absolute Gasteiger partial charge is 0.107 e. The molecule has 2 heteroatoms. The molecule has 2 atom stereocenters. The second-order valence-corrected chi connectivity index (χ2v) is 3.76. The van der Waals surface area contributed by atoms with Gasteiger partial charge in [0.05, 0.1) is 6.61 Å². The summed E-state index contributed by atoms with van der Waals surface area (Å²) in [6, 6.07) is 0. The maximum Gasteiger partial charge on any atom is 0.107 e. The minimum absolute atomic E-state index is 0.438. The fraction of sp³-hybridized carbons (Fsp3) is 0.818. The lowest BCUT2D eigenvalue weighted by Gasteiger charge is -2.30. The quantitative estimate of drug-likeness (QED) is 0.525. The molecule has 0 amide bonds. The Labute approximate surface area is 80.8 Å². The molecule has 2 unspecified atom stereocenters. The fourth-order valence-corrected chi connectivity index (χ4v) is 2.08. The Morgan fingerprint density at radius 3 is 2.62 bits per heavy atom. The average Bonchev–Trinajstić information content (AvgIpc) is 2.19. The molecule has 1 aliphatic carbocycles.